The molecule has 2 aromatic carbocycles. The third-order valence-electron chi connectivity index (χ3n) is 6.03. The minimum atomic E-state index is -3.57. The van der Waals surface area contributed by atoms with Crippen molar-refractivity contribution in [3.8, 4) is 11.4 Å². The molecule has 0 spiro atoms. The Morgan fingerprint density at radius 2 is 1.68 bits per heavy atom. The molecule has 1 aliphatic heterocycles. The summed E-state index contributed by atoms with van der Waals surface area (Å²) in [5, 5.41) is 4.13. The number of piperazine rings is 1. The molecule has 38 heavy (non-hydrogen) atoms. The molecule has 0 saturated carbocycles. The average molecular weight is 546 g/mol. The zero-order valence-electron chi connectivity index (χ0n) is 20.9. The van der Waals surface area contributed by atoms with Gasteiger partial charge in [-0.1, -0.05) is 31.2 Å². The van der Waals surface area contributed by atoms with Crippen molar-refractivity contribution in [1.29, 1.82) is 0 Å². The van der Waals surface area contributed by atoms with E-state index in [2.05, 4.69) is 5.10 Å². The standard InChI is InChI=1S/C26H29F2N5O4S/c1-2-3-4-13-37-25-24(17-30-33(26(25)34)23-15-20(27)14-21(28)16-23)31-9-11-32(12-10-31)38(35,36)18-19-5-7-22(29)8-6-19/h3-8,14-17H,2,9-13,18,29H2,1H3. The van der Waals surface area contributed by atoms with Gasteiger partial charge in [0.25, 0.3) is 0 Å². The quantitative estimate of drug-likeness (QED) is 0.325. The lowest BCUT2D eigenvalue weighted by atomic mass is 10.2. The number of nitrogen functional groups attached to an aromatic ring is 1. The van der Waals surface area contributed by atoms with E-state index >= 15 is 0 Å². The summed E-state index contributed by atoms with van der Waals surface area (Å²) in [6.45, 7) is 3.05. The van der Waals surface area contributed by atoms with Crippen LogP contribution < -0.4 is 20.9 Å². The topological polar surface area (TPSA) is 111 Å². The van der Waals surface area contributed by atoms with Crippen LogP contribution in [0, 0.1) is 11.6 Å². The summed E-state index contributed by atoms with van der Waals surface area (Å²) in [4.78, 5) is 15.2. The second-order valence-electron chi connectivity index (χ2n) is 8.78. The first-order valence-corrected chi connectivity index (χ1v) is 13.7. The summed E-state index contributed by atoms with van der Waals surface area (Å²) >= 11 is 0. The van der Waals surface area contributed by atoms with Crippen molar-refractivity contribution in [3.63, 3.8) is 0 Å². The van der Waals surface area contributed by atoms with E-state index in [1.807, 2.05) is 17.9 Å². The Kier molecular flexibility index (Phi) is 8.42. The number of hydrogen-bond acceptors (Lipinski definition) is 7. The van der Waals surface area contributed by atoms with Crippen molar-refractivity contribution in [2.75, 3.05) is 43.4 Å². The van der Waals surface area contributed by atoms with Crippen LogP contribution in [0.25, 0.3) is 5.69 Å². The van der Waals surface area contributed by atoms with Gasteiger partial charge in [-0.15, -0.1) is 0 Å². The van der Waals surface area contributed by atoms with Crippen LogP contribution >= 0.6 is 0 Å². The van der Waals surface area contributed by atoms with Crippen LogP contribution in [0.5, 0.6) is 5.75 Å². The van der Waals surface area contributed by atoms with Gasteiger partial charge in [-0.25, -0.2) is 17.2 Å². The van der Waals surface area contributed by atoms with Gasteiger partial charge in [-0.2, -0.15) is 14.1 Å². The molecule has 0 aliphatic carbocycles. The van der Waals surface area contributed by atoms with E-state index in [4.69, 9.17) is 10.5 Å². The second-order valence-corrected chi connectivity index (χ2v) is 10.7. The van der Waals surface area contributed by atoms with Crippen molar-refractivity contribution in [2.45, 2.75) is 19.1 Å². The number of allylic oxidation sites excluding steroid dienone is 1. The summed E-state index contributed by atoms with van der Waals surface area (Å²) in [7, 11) is -3.57. The van der Waals surface area contributed by atoms with Gasteiger partial charge in [0.1, 0.15) is 23.9 Å². The van der Waals surface area contributed by atoms with Gasteiger partial charge in [0.05, 0.1) is 17.6 Å². The van der Waals surface area contributed by atoms with Gasteiger partial charge >= 0.3 is 5.56 Å². The molecule has 2 N–H and O–H groups in total. The number of rotatable bonds is 9. The lowest BCUT2D eigenvalue weighted by Crippen LogP contribution is -2.49. The van der Waals surface area contributed by atoms with Gasteiger partial charge in [0.15, 0.2) is 0 Å². The zero-order chi connectivity index (χ0) is 27.3. The largest absolute Gasteiger partial charge is 0.482 e. The summed E-state index contributed by atoms with van der Waals surface area (Å²) < 4.78 is 61.6. The van der Waals surface area contributed by atoms with Crippen molar-refractivity contribution in [3.05, 3.63) is 88.4 Å². The van der Waals surface area contributed by atoms with Crippen molar-refractivity contribution < 1.29 is 21.9 Å². The molecule has 0 atom stereocenters. The van der Waals surface area contributed by atoms with Crippen molar-refractivity contribution in [1.82, 2.24) is 14.1 Å². The first kappa shape index (κ1) is 27.3. The molecule has 3 aromatic rings. The minimum absolute atomic E-state index is 0.0383. The first-order valence-electron chi connectivity index (χ1n) is 12.1. The Morgan fingerprint density at radius 1 is 1.03 bits per heavy atom. The number of benzene rings is 2. The lowest BCUT2D eigenvalue weighted by Gasteiger charge is -2.35. The molecule has 0 bridgehead atoms. The van der Waals surface area contributed by atoms with Gasteiger partial charge in [0, 0.05) is 37.9 Å². The van der Waals surface area contributed by atoms with Crippen molar-refractivity contribution in [2.24, 2.45) is 0 Å². The normalized spacial score (nSPS) is 14.8. The van der Waals surface area contributed by atoms with Crippen LogP contribution in [-0.4, -0.2) is 55.3 Å². The maximum Gasteiger partial charge on any atom is 0.316 e. The van der Waals surface area contributed by atoms with Crippen LogP contribution in [0.15, 0.2) is 65.6 Å². The fraction of sp³-hybridized carbons (Fsp3) is 0.308. The maximum atomic E-state index is 13.8. The van der Waals surface area contributed by atoms with Gasteiger partial charge < -0.3 is 15.4 Å². The number of anilines is 2. The molecule has 12 heteroatoms. The highest BCUT2D eigenvalue weighted by molar-refractivity contribution is 7.88. The number of ether oxygens (including phenoxy) is 1. The van der Waals surface area contributed by atoms with Crippen LogP contribution in [0.4, 0.5) is 20.2 Å². The number of aromatic nitrogens is 2. The molecular formula is C26H29F2N5O4S. The number of sulfonamides is 1. The molecule has 202 valence electrons. The van der Waals surface area contributed by atoms with E-state index in [0.717, 1.165) is 23.2 Å². The third kappa shape index (κ3) is 6.37. The maximum absolute atomic E-state index is 13.8. The Balaban J connectivity index is 1.57. The lowest BCUT2D eigenvalue weighted by molar-refractivity contribution is 0.347. The van der Waals surface area contributed by atoms with Crippen molar-refractivity contribution >= 4 is 21.4 Å². The smallest absolute Gasteiger partial charge is 0.316 e. The van der Waals surface area contributed by atoms with Gasteiger partial charge in [-0.05, 0) is 36.2 Å². The first-order chi connectivity index (χ1) is 18.2. The Morgan fingerprint density at radius 3 is 2.32 bits per heavy atom. The molecule has 4 rings (SSSR count). The number of halogens is 2. The van der Waals surface area contributed by atoms with Crippen LogP contribution in [0.2, 0.25) is 0 Å². The van der Waals surface area contributed by atoms with E-state index in [9.17, 15) is 22.0 Å². The zero-order valence-corrected chi connectivity index (χ0v) is 21.7. The van der Waals surface area contributed by atoms with E-state index in [1.54, 1.807) is 30.3 Å². The molecule has 1 fully saturated rings. The Labute approximate surface area is 219 Å². The van der Waals surface area contributed by atoms with Crippen LogP contribution in [0.3, 0.4) is 0 Å². The molecule has 9 nitrogen and oxygen atoms in total. The Hall–Kier alpha value is -3.77. The molecular weight excluding hydrogens is 516 g/mol. The fourth-order valence-electron chi connectivity index (χ4n) is 4.12. The number of hydrogen-bond donors (Lipinski definition) is 1. The minimum Gasteiger partial charge on any atom is -0.482 e. The molecule has 0 unspecified atom stereocenters. The highest BCUT2D eigenvalue weighted by Crippen LogP contribution is 2.27. The van der Waals surface area contributed by atoms with Gasteiger partial charge in [-0.3, -0.25) is 4.79 Å². The molecule has 1 aromatic heterocycles. The molecule has 2 heterocycles. The van der Waals surface area contributed by atoms with Crippen LogP contribution in [0.1, 0.15) is 18.9 Å². The van der Waals surface area contributed by atoms with Gasteiger partial charge in [0.2, 0.25) is 15.8 Å². The highest BCUT2D eigenvalue weighted by atomic mass is 32.2. The second kappa shape index (κ2) is 11.7. The van der Waals surface area contributed by atoms with Crippen LogP contribution in [-0.2, 0) is 15.8 Å². The number of nitrogens with two attached hydrogens (primary N) is 1. The molecule has 0 radical (unpaired) electrons. The van der Waals surface area contributed by atoms with E-state index in [1.165, 1.54) is 10.5 Å². The third-order valence-corrected chi connectivity index (χ3v) is 7.88. The predicted molar refractivity (Wildman–Crippen MR) is 142 cm³/mol. The fourth-order valence-corrected chi connectivity index (χ4v) is 5.64. The Bertz CT molecular complexity index is 1450. The summed E-state index contributed by atoms with van der Waals surface area (Å²) in [5.41, 5.74) is 6.50. The predicted octanol–water partition coefficient (Wildman–Crippen LogP) is 3.09. The molecule has 1 aliphatic rings. The monoisotopic (exact) mass is 545 g/mol. The molecule has 0 amide bonds. The summed E-state index contributed by atoms with van der Waals surface area (Å²) in [6, 6.07) is 9.40. The van der Waals surface area contributed by atoms with E-state index in [0.29, 0.717) is 36.1 Å². The average Bonchev–Trinajstić information content (AvgIpc) is 2.88. The molecule has 1 saturated heterocycles. The summed E-state index contributed by atoms with van der Waals surface area (Å²) in [6.07, 6.45) is 5.82. The highest BCUT2D eigenvalue weighted by Gasteiger charge is 2.29. The SMILES string of the molecule is CCC=CCOc1c(N2CCN(S(=O)(=O)Cc3ccc(N)cc3)CC2)cnn(-c2cc(F)cc(F)c2)c1=O. The van der Waals surface area contributed by atoms with E-state index < -0.39 is 27.2 Å². The number of nitrogens with zero attached hydrogens (tertiary/aromatic N) is 4. The van der Waals surface area contributed by atoms with E-state index in [-0.39, 0.29) is 36.9 Å². The summed E-state index contributed by atoms with van der Waals surface area (Å²) in [5.74, 6) is -1.87.